The van der Waals surface area contributed by atoms with Gasteiger partial charge in [0.15, 0.2) is 0 Å². The Morgan fingerprint density at radius 3 is 2.65 bits per heavy atom. The first-order chi connectivity index (χ1) is 8.40. The van der Waals surface area contributed by atoms with Gasteiger partial charge in [-0.1, -0.05) is 44.0 Å². The average molecular weight is 232 g/mol. The molecule has 1 aromatic carbocycles. The van der Waals surface area contributed by atoms with E-state index in [1.165, 1.54) is 49.7 Å². The van der Waals surface area contributed by atoms with Gasteiger partial charge < -0.3 is 4.74 Å². The molecule has 1 atom stereocenters. The van der Waals surface area contributed by atoms with Crippen LogP contribution in [0.3, 0.4) is 0 Å². The van der Waals surface area contributed by atoms with Crippen molar-refractivity contribution in [3.63, 3.8) is 0 Å². The molecule has 17 heavy (non-hydrogen) atoms. The predicted octanol–water partition coefficient (Wildman–Crippen LogP) is 4.31. The van der Waals surface area contributed by atoms with Gasteiger partial charge in [-0.25, -0.2) is 0 Å². The Bertz CT molecular complexity index is 309. The molecule has 1 unspecified atom stereocenters. The van der Waals surface area contributed by atoms with Gasteiger partial charge in [0, 0.05) is 12.5 Å². The minimum absolute atomic E-state index is 0.633. The van der Waals surface area contributed by atoms with Gasteiger partial charge in [-0.2, -0.15) is 0 Å². The smallest absolute Gasteiger partial charge is 0.0534 e. The molecule has 0 saturated carbocycles. The largest absolute Gasteiger partial charge is 0.381 e. The van der Waals surface area contributed by atoms with Gasteiger partial charge >= 0.3 is 0 Å². The zero-order valence-electron chi connectivity index (χ0n) is 11.0. The van der Waals surface area contributed by atoms with Crippen molar-refractivity contribution in [1.82, 2.24) is 0 Å². The molecule has 0 amide bonds. The van der Waals surface area contributed by atoms with Crippen LogP contribution in [0, 0.1) is 0 Å². The second-order valence-electron chi connectivity index (χ2n) is 5.11. The van der Waals surface area contributed by atoms with Crippen molar-refractivity contribution in [2.75, 3.05) is 13.2 Å². The van der Waals surface area contributed by atoms with Crippen LogP contribution >= 0.6 is 0 Å². The Balaban J connectivity index is 1.88. The lowest BCUT2D eigenvalue weighted by Crippen LogP contribution is -2.15. The van der Waals surface area contributed by atoms with Crippen molar-refractivity contribution in [3.05, 3.63) is 35.4 Å². The maximum Gasteiger partial charge on any atom is 0.0534 e. The van der Waals surface area contributed by atoms with E-state index in [4.69, 9.17) is 4.74 Å². The highest BCUT2D eigenvalue weighted by Gasteiger charge is 2.15. The third-order valence-corrected chi connectivity index (χ3v) is 3.68. The van der Waals surface area contributed by atoms with E-state index < -0.39 is 0 Å². The van der Waals surface area contributed by atoms with Gasteiger partial charge in [0.25, 0.3) is 0 Å². The van der Waals surface area contributed by atoms with E-state index in [1.54, 1.807) is 0 Å². The molecular formula is C16H24O. The zero-order chi connectivity index (χ0) is 11.9. The highest BCUT2D eigenvalue weighted by molar-refractivity contribution is 5.25. The molecule has 1 nitrogen and oxygen atoms in total. The van der Waals surface area contributed by atoms with Crippen LogP contribution in [0.2, 0.25) is 0 Å². The summed E-state index contributed by atoms with van der Waals surface area (Å²) in [5.74, 6) is 0.633. The molecule has 1 aromatic rings. The molecule has 1 fully saturated rings. The summed E-state index contributed by atoms with van der Waals surface area (Å²) >= 11 is 0. The predicted molar refractivity (Wildman–Crippen MR) is 72.5 cm³/mol. The first-order valence-corrected chi connectivity index (χ1v) is 7.06. The van der Waals surface area contributed by atoms with Crippen LogP contribution in [0.25, 0.3) is 0 Å². The van der Waals surface area contributed by atoms with Crippen LogP contribution < -0.4 is 0 Å². The van der Waals surface area contributed by atoms with E-state index in [2.05, 4.69) is 31.2 Å². The average Bonchev–Trinajstić information content (AvgIpc) is 2.41. The summed E-state index contributed by atoms with van der Waals surface area (Å²) < 4.78 is 5.55. The minimum Gasteiger partial charge on any atom is -0.381 e. The quantitative estimate of drug-likeness (QED) is 0.687. The first kappa shape index (κ1) is 12.6. The van der Waals surface area contributed by atoms with Gasteiger partial charge in [0.05, 0.1) is 6.61 Å². The molecule has 0 aromatic heterocycles. The summed E-state index contributed by atoms with van der Waals surface area (Å²) in [4.78, 5) is 0. The number of hydrogen-bond acceptors (Lipinski definition) is 1. The van der Waals surface area contributed by atoms with Gasteiger partial charge in [-0.3, -0.25) is 0 Å². The van der Waals surface area contributed by atoms with Crippen LogP contribution in [0.15, 0.2) is 24.3 Å². The molecule has 0 radical (unpaired) electrons. The third-order valence-electron chi connectivity index (χ3n) is 3.68. The highest BCUT2D eigenvalue weighted by Crippen LogP contribution is 2.25. The van der Waals surface area contributed by atoms with Gasteiger partial charge in [0.2, 0.25) is 0 Å². The van der Waals surface area contributed by atoms with Crippen molar-refractivity contribution in [2.24, 2.45) is 0 Å². The van der Waals surface area contributed by atoms with Crippen molar-refractivity contribution >= 4 is 0 Å². The van der Waals surface area contributed by atoms with Crippen molar-refractivity contribution in [1.29, 1.82) is 0 Å². The molecule has 1 aliphatic rings. The molecule has 94 valence electrons. The molecule has 0 aliphatic carbocycles. The Labute approximate surface area is 105 Å². The summed E-state index contributed by atoms with van der Waals surface area (Å²) in [7, 11) is 0. The Hall–Kier alpha value is -0.820. The number of benzene rings is 1. The van der Waals surface area contributed by atoms with E-state index in [1.807, 2.05) is 0 Å². The maximum atomic E-state index is 5.55. The van der Waals surface area contributed by atoms with Crippen molar-refractivity contribution in [3.8, 4) is 0 Å². The van der Waals surface area contributed by atoms with Gasteiger partial charge in [-0.15, -0.1) is 0 Å². The van der Waals surface area contributed by atoms with E-state index >= 15 is 0 Å². The molecule has 1 heterocycles. The molecule has 0 bridgehead atoms. The second kappa shape index (κ2) is 6.80. The lowest BCUT2D eigenvalue weighted by molar-refractivity contribution is 0.0804. The number of rotatable bonds is 5. The molecule has 2 rings (SSSR count). The fraction of sp³-hybridized carbons (Fsp3) is 0.625. The van der Waals surface area contributed by atoms with Crippen LogP contribution in [0.1, 0.15) is 56.1 Å². The summed E-state index contributed by atoms with van der Waals surface area (Å²) in [6.45, 7) is 4.12. The van der Waals surface area contributed by atoms with Crippen LogP contribution in [0.4, 0.5) is 0 Å². The molecule has 1 heteroatoms. The summed E-state index contributed by atoms with van der Waals surface area (Å²) in [5.41, 5.74) is 2.95. The van der Waals surface area contributed by atoms with Gasteiger partial charge in [-0.05, 0) is 36.8 Å². The van der Waals surface area contributed by atoms with E-state index in [0.29, 0.717) is 5.92 Å². The summed E-state index contributed by atoms with van der Waals surface area (Å²) in [6, 6.07) is 9.22. The zero-order valence-corrected chi connectivity index (χ0v) is 11.0. The van der Waals surface area contributed by atoms with Crippen LogP contribution in [0.5, 0.6) is 0 Å². The highest BCUT2D eigenvalue weighted by atomic mass is 16.5. The van der Waals surface area contributed by atoms with Gasteiger partial charge in [0.1, 0.15) is 0 Å². The molecule has 0 spiro atoms. The fourth-order valence-corrected chi connectivity index (χ4v) is 2.54. The van der Waals surface area contributed by atoms with Crippen LogP contribution in [-0.2, 0) is 11.2 Å². The Kier molecular flexibility index (Phi) is 5.06. The Morgan fingerprint density at radius 2 is 2.00 bits per heavy atom. The van der Waals surface area contributed by atoms with Crippen molar-refractivity contribution < 1.29 is 4.74 Å². The fourth-order valence-electron chi connectivity index (χ4n) is 2.54. The number of aryl methyl sites for hydroxylation is 1. The van der Waals surface area contributed by atoms with E-state index in [0.717, 1.165) is 13.2 Å². The first-order valence-electron chi connectivity index (χ1n) is 7.06. The van der Waals surface area contributed by atoms with E-state index in [-0.39, 0.29) is 0 Å². The third kappa shape index (κ3) is 3.85. The minimum atomic E-state index is 0.633. The normalized spacial score (nSPS) is 20.4. The molecule has 1 saturated heterocycles. The summed E-state index contributed by atoms with van der Waals surface area (Å²) in [6.07, 6.45) is 7.70. The van der Waals surface area contributed by atoms with E-state index in [9.17, 15) is 0 Å². The van der Waals surface area contributed by atoms with Crippen molar-refractivity contribution in [2.45, 2.75) is 51.4 Å². The lowest BCUT2D eigenvalue weighted by Gasteiger charge is -2.22. The summed E-state index contributed by atoms with van der Waals surface area (Å²) in [5, 5.41) is 0. The maximum absolute atomic E-state index is 5.55. The lowest BCUT2D eigenvalue weighted by atomic mass is 9.92. The number of hydrogen-bond donors (Lipinski definition) is 0. The van der Waals surface area contributed by atoms with Crippen LogP contribution in [-0.4, -0.2) is 13.2 Å². The molecule has 1 aliphatic heterocycles. The Morgan fingerprint density at radius 1 is 1.18 bits per heavy atom. The standard InChI is InChI=1S/C16H24O/c1-2-3-4-6-14-8-10-15(11-9-14)16-7-5-12-17-13-16/h8-11,16H,2-7,12-13H2,1H3. The number of ether oxygens (including phenoxy) is 1. The monoisotopic (exact) mass is 232 g/mol. The SMILES string of the molecule is CCCCCc1ccc(C2CCCOC2)cc1. The second-order valence-corrected chi connectivity index (χ2v) is 5.11. The topological polar surface area (TPSA) is 9.23 Å². The number of unbranched alkanes of at least 4 members (excludes halogenated alkanes) is 2. The molecular weight excluding hydrogens is 208 g/mol. The molecule has 0 N–H and O–H groups in total.